The highest BCUT2D eigenvalue weighted by Gasteiger charge is 2.40. The van der Waals surface area contributed by atoms with Gasteiger partial charge in [0.05, 0.1) is 35.2 Å². The standard InChI is InChI=1S/C33H35Cl2N5O4S/c1-38-19-24(23-7-3-4-8-28(23)38)32(44)37-27-16-25(34)20(13-26(27)35)14-30(41)40-18-21(39-11-5-2-6-12-39)15-29(40)33-36-17-22(45-33)9-10-31(42)43/h3-4,7-8,13,16-17,19,21,29H,2,5-6,9-12,14-15,18H2,1H3,(H,37,44)(H,42,43)/t21-,29-/m0/s1. The van der Waals surface area contributed by atoms with Gasteiger partial charge < -0.3 is 19.9 Å². The van der Waals surface area contributed by atoms with Crippen LogP contribution < -0.4 is 5.32 Å². The number of aliphatic carboxylic acids is 1. The molecule has 2 aromatic heterocycles. The van der Waals surface area contributed by atoms with Gasteiger partial charge in [0.2, 0.25) is 5.91 Å². The van der Waals surface area contributed by atoms with Gasteiger partial charge in [0.15, 0.2) is 0 Å². The van der Waals surface area contributed by atoms with Crippen LogP contribution in [0.1, 0.15) is 64.0 Å². The maximum Gasteiger partial charge on any atom is 0.303 e. The van der Waals surface area contributed by atoms with E-state index in [1.165, 1.54) is 17.8 Å². The smallest absolute Gasteiger partial charge is 0.303 e. The Morgan fingerprint density at radius 1 is 1.09 bits per heavy atom. The highest BCUT2D eigenvalue weighted by Crippen LogP contribution is 2.39. The van der Waals surface area contributed by atoms with Crippen LogP contribution in [-0.2, 0) is 29.5 Å². The summed E-state index contributed by atoms with van der Waals surface area (Å²) < 4.78 is 1.90. The minimum absolute atomic E-state index is 0.0446. The number of aryl methyl sites for hydroxylation is 2. The number of thiazole rings is 1. The molecule has 2 aliphatic heterocycles. The maximum atomic E-state index is 13.9. The number of nitrogens with zero attached hydrogens (tertiary/aromatic N) is 4. The topological polar surface area (TPSA) is 108 Å². The van der Waals surface area contributed by atoms with E-state index in [0.29, 0.717) is 39.8 Å². The number of likely N-dealkylation sites (tertiary alicyclic amines) is 2. The summed E-state index contributed by atoms with van der Waals surface area (Å²) in [5.74, 6) is -1.22. The number of carbonyl (C=O) groups is 3. The van der Waals surface area contributed by atoms with Crippen LogP contribution in [0.4, 0.5) is 5.69 Å². The largest absolute Gasteiger partial charge is 0.481 e. The summed E-state index contributed by atoms with van der Waals surface area (Å²) in [5.41, 5.74) is 2.42. The van der Waals surface area contributed by atoms with Crippen molar-refractivity contribution in [3.63, 3.8) is 0 Å². The summed E-state index contributed by atoms with van der Waals surface area (Å²) >= 11 is 14.8. The normalized spacial score (nSPS) is 18.9. The Bertz CT molecular complexity index is 1750. The second-order valence-corrected chi connectivity index (χ2v) is 13.8. The number of carbonyl (C=O) groups excluding carboxylic acids is 2. The molecule has 0 aliphatic carbocycles. The van der Waals surface area contributed by atoms with Crippen LogP contribution in [0.25, 0.3) is 10.9 Å². The van der Waals surface area contributed by atoms with E-state index < -0.39 is 5.97 Å². The van der Waals surface area contributed by atoms with E-state index in [9.17, 15) is 14.4 Å². The summed E-state index contributed by atoms with van der Waals surface area (Å²) in [5, 5.41) is 14.3. The van der Waals surface area contributed by atoms with Crippen molar-refractivity contribution < 1.29 is 19.5 Å². The monoisotopic (exact) mass is 667 g/mol. The fourth-order valence-corrected chi connectivity index (χ4v) is 8.00. The van der Waals surface area contributed by atoms with E-state index in [2.05, 4.69) is 15.2 Å². The zero-order valence-electron chi connectivity index (χ0n) is 25.0. The van der Waals surface area contributed by atoms with E-state index in [0.717, 1.165) is 53.1 Å². The molecule has 12 heteroatoms. The van der Waals surface area contributed by atoms with Crippen LogP contribution >= 0.6 is 34.5 Å². The molecular formula is C33H35Cl2N5O4S. The third kappa shape index (κ3) is 6.89. The summed E-state index contributed by atoms with van der Waals surface area (Å²) in [6, 6.07) is 11.0. The molecular weight excluding hydrogens is 633 g/mol. The number of carboxylic acids is 1. The van der Waals surface area contributed by atoms with Gasteiger partial charge in [0.1, 0.15) is 5.01 Å². The van der Waals surface area contributed by atoms with Crippen LogP contribution in [0.5, 0.6) is 0 Å². The Balaban J connectivity index is 1.19. The van der Waals surface area contributed by atoms with Gasteiger partial charge in [-0.05, 0) is 62.5 Å². The van der Waals surface area contributed by atoms with Crippen molar-refractivity contribution in [2.75, 3.05) is 25.0 Å². The number of benzene rings is 2. The fourth-order valence-electron chi connectivity index (χ4n) is 6.49. The third-order valence-corrected chi connectivity index (χ3v) is 10.6. The van der Waals surface area contributed by atoms with Gasteiger partial charge >= 0.3 is 5.97 Å². The molecule has 4 aromatic rings. The number of halogens is 2. The van der Waals surface area contributed by atoms with Crippen molar-refractivity contribution in [2.45, 2.75) is 57.0 Å². The first-order valence-corrected chi connectivity index (χ1v) is 16.8. The Labute approximate surface area is 275 Å². The predicted octanol–water partition coefficient (Wildman–Crippen LogP) is 6.58. The molecule has 236 valence electrons. The van der Waals surface area contributed by atoms with Crippen molar-refractivity contribution in [1.29, 1.82) is 0 Å². The lowest BCUT2D eigenvalue weighted by atomic mass is 10.1. The first-order chi connectivity index (χ1) is 21.7. The number of aromatic nitrogens is 2. The molecule has 2 atom stereocenters. The Hall–Kier alpha value is -3.44. The molecule has 0 radical (unpaired) electrons. The zero-order chi connectivity index (χ0) is 31.7. The molecule has 0 spiro atoms. The SMILES string of the molecule is Cn1cc(C(=O)Nc2cc(Cl)c(CC(=O)N3C[C@@H](N4CCCCC4)C[C@H]3c3ncc(CCC(=O)O)s3)cc2Cl)c2ccccc21. The van der Waals surface area contributed by atoms with E-state index in [-0.39, 0.29) is 36.7 Å². The van der Waals surface area contributed by atoms with Crippen LogP contribution in [0, 0.1) is 0 Å². The molecule has 0 saturated carbocycles. The summed E-state index contributed by atoms with van der Waals surface area (Å²) in [6.07, 6.45) is 8.36. The summed E-state index contributed by atoms with van der Waals surface area (Å²) in [4.78, 5) is 48.2. The molecule has 45 heavy (non-hydrogen) atoms. The van der Waals surface area contributed by atoms with Crippen LogP contribution in [0.15, 0.2) is 48.8 Å². The third-order valence-electron chi connectivity index (χ3n) is 8.82. The molecule has 2 fully saturated rings. The molecule has 2 N–H and O–H groups in total. The molecule has 6 rings (SSSR count). The van der Waals surface area contributed by atoms with E-state index in [1.807, 2.05) is 40.8 Å². The number of amides is 2. The van der Waals surface area contributed by atoms with E-state index in [4.69, 9.17) is 28.3 Å². The molecule has 4 heterocycles. The van der Waals surface area contributed by atoms with Crippen molar-refractivity contribution in [3.8, 4) is 0 Å². The first kappa shape index (κ1) is 31.5. The highest BCUT2D eigenvalue weighted by molar-refractivity contribution is 7.11. The molecule has 9 nitrogen and oxygen atoms in total. The van der Waals surface area contributed by atoms with Gasteiger partial charge in [-0.2, -0.15) is 0 Å². The minimum atomic E-state index is -0.845. The van der Waals surface area contributed by atoms with Crippen molar-refractivity contribution >= 4 is 68.9 Å². The average molecular weight is 669 g/mol. The Morgan fingerprint density at radius 3 is 2.64 bits per heavy atom. The quantitative estimate of drug-likeness (QED) is 0.209. The number of hydrogen-bond acceptors (Lipinski definition) is 6. The van der Waals surface area contributed by atoms with Gasteiger partial charge in [-0.15, -0.1) is 11.3 Å². The van der Waals surface area contributed by atoms with Gasteiger partial charge in [0, 0.05) is 52.8 Å². The van der Waals surface area contributed by atoms with Crippen molar-refractivity contribution in [1.82, 2.24) is 19.4 Å². The highest BCUT2D eigenvalue weighted by atomic mass is 35.5. The lowest BCUT2D eigenvalue weighted by Crippen LogP contribution is -2.42. The van der Waals surface area contributed by atoms with Gasteiger partial charge in [0.25, 0.3) is 5.91 Å². The molecule has 0 bridgehead atoms. The lowest BCUT2D eigenvalue weighted by molar-refractivity contribution is -0.137. The first-order valence-electron chi connectivity index (χ1n) is 15.2. The summed E-state index contributed by atoms with van der Waals surface area (Å²) in [7, 11) is 1.89. The molecule has 2 aromatic carbocycles. The Morgan fingerprint density at radius 2 is 1.87 bits per heavy atom. The number of para-hydroxylation sites is 1. The van der Waals surface area contributed by atoms with Crippen LogP contribution in [0.3, 0.4) is 0 Å². The predicted molar refractivity (Wildman–Crippen MR) is 177 cm³/mol. The zero-order valence-corrected chi connectivity index (χ0v) is 27.3. The number of piperidine rings is 1. The number of nitrogens with one attached hydrogen (secondary N) is 1. The van der Waals surface area contributed by atoms with Gasteiger partial charge in [-0.25, -0.2) is 4.98 Å². The second-order valence-electron chi connectivity index (χ2n) is 11.8. The Kier molecular flexibility index (Phi) is 9.46. The molecule has 0 unspecified atom stereocenters. The summed E-state index contributed by atoms with van der Waals surface area (Å²) in [6.45, 7) is 2.64. The number of rotatable bonds is 9. The van der Waals surface area contributed by atoms with Crippen LogP contribution in [-0.4, -0.2) is 67.9 Å². The maximum absolute atomic E-state index is 13.9. The van der Waals surface area contributed by atoms with E-state index >= 15 is 0 Å². The average Bonchev–Trinajstić information content (AvgIpc) is 3.77. The second kappa shape index (κ2) is 13.5. The van der Waals surface area contributed by atoms with Crippen LogP contribution in [0.2, 0.25) is 10.0 Å². The fraction of sp³-hybridized carbons (Fsp3) is 0.394. The minimum Gasteiger partial charge on any atom is -0.481 e. The number of carboxylic acid groups (broad SMARTS) is 1. The molecule has 2 aliphatic rings. The van der Waals surface area contributed by atoms with Gasteiger partial charge in [-0.1, -0.05) is 47.8 Å². The van der Waals surface area contributed by atoms with Crippen molar-refractivity contribution in [2.24, 2.45) is 7.05 Å². The molecule has 2 amide bonds. The number of anilines is 1. The number of hydrogen-bond donors (Lipinski definition) is 2. The van der Waals surface area contributed by atoms with Crippen molar-refractivity contribution in [3.05, 3.63) is 79.8 Å². The molecule has 2 saturated heterocycles. The van der Waals surface area contributed by atoms with E-state index in [1.54, 1.807) is 24.5 Å². The van der Waals surface area contributed by atoms with Gasteiger partial charge in [-0.3, -0.25) is 19.3 Å². The lowest BCUT2D eigenvalue weighted by Gasteiger charge is -2.32. The number of fused-ring (bicyclic) bond motifs is 1.